The van der Waals surface area contributed by atoms with Crippen molar-refractivity contribution < 1.29 is 40.9 Å². The van der Waals surface area contributed by atoms with Crippen molar-refractivity contribution in [1.29, 1.82) is 0 Å². The zero-order valence-electron chi connectivity index (χ0n) is 24.8. The molecule has 0 radical (unpaired) electrons. The van der Waals surface area contributed by atoms with Crippen molar-refractivity contribution in [3.05, 3.63) is 28.8 Å². The van der Waals surface area contributed by atoms with Crippen LogP contribution in [0.15, 0.2) is 6.07 Å². The van der Waals surface area contributed by atoms with Crippen molar-refractivity contribution in [3.8, 4) is 23.1 Å². The van der Waals surface area contributed by atoms with Crippen LogP contribution in [-0.2, 0) is 15.7 Å². The fourth-order valence-corrected chi connectivity index (χ4v) is 4.36. The van der Waals surface area contributed by atoms with Gasteiger partial charge in [-0.05, 0) is 38.4 Å². The summed E-state index contributed by atoms with van der Waals surface area (Å²) in [6, 6.07) is 0.495. The molecule has 3 aromatic rings. The highest BCUT2D eigenvalue weighted by molar-refractivity contribution is 5.96. The SMILES string of the molecule is C1COCCO1.CC.COc1nc2c3c(nc(-c4cc(N)c(F)c(C)c4C(F)(F)F)c(F)c3n1)OC(C)CCNCCN2. The Hall–Kier alpha value is -3.56. The van der Waals surface area contributed by atoms with Crippen molar-refractivity contribution >= 4 is 22.4 Å². The van der Waals surface area contributed by atoms with E-state index in [0.717, 1.165) is 33.4 Å². The molecule has 1 atom stereocenters. The lowest BCUT2D eigenvalue weighted by atomic mass is 9.96. The number of aromatic nitrogens is 3. The summed E-state index contributed by atoms with van der Waals surface area (Å²) in [5.41, 5.74) is 1.04. The van der Waals surface area contributed by atoms with Gasteiger partial charge in [-0.1, -0.05) is 13.8 Å². The number of ether oxygens (including phenoxy) is 4. The molecule has 1 fully saturated rings. The van der Waals surface area contributed by atoms with Gasteiger partial charge in [0.05, 0.1) is 50.9 Å². The Morgan fingerprint density at radius 2 is 1.63 bits per heavy atom. The standard InChI is InChI=1S/C22H23F5N6O2.C4H8O2.C2H6/c1-9-4-5-29-6-7-30-19-13-18(32-21(33-19)34-3)16(24)17(31-20(13)35-9)11-8-12(28)15(23)10(2)14(11)22(25,26)27;1-2-6-4-3-5-1;1-2/h8-9,29H,4-7,28H2,1-3H3,(H,30,32,33);1-4H2;1-2H3. The highest BCUT2D eigenvalue weighted by atomic mass is 19.4. The second-order valence-corrected chi connectivity index (χ2v) is 9.31. The maximum absolute atomic E-state index is 15.9. The molecule has 4 heterocycles. The van der Waals surface area contributed by atoms with E-state index in [4.69, 9.17) is 24.7 Å². The molecule has 1 unspecified atom stereocenters. The summed E-state index contributed by atoms with van der Waals surface area (Å²) >= 11 is 0. The van der Waals surface area contributed by atoms with Crippen molar-refractivity contribution in [1.82, 2.24) is 20.3 Å². The van der Waals surface area contributed by atoms with Gasteiger partial charge in [0, 0.05) is 18.7 Å². The third-order valence-electron chi connectivity index (χ3n) is 6.36. The average molecular weight is 617 g/mol. The van der Waals surface area contributed by atoms with Crippen molar-refractivity contribution in [2.75, 3.05) is 64.2 Å². The predicted molar refractivity (Wildman–Crippen MR) is 152 cm³/mol. The Morgan fingerprint density at radius 1 is 0.977 bits per heavy atom. The highest BCUT2D eigenvalue weighted by Crippen LogP contribution is 2.44. The van der Waals surface area contributed by atoms with Gasteiger partial charge in [0.2, 0.25) is 5.88 Å². The molecule has 43 heavy (non-hydrogen) atoms. The smallest absolute Gasteiger partial charge is 0.417 e. The second kappa shape index (κ2) is 15.3. The fourth-order valence-electron chi connectivity index (χ4n) is 4.36. The number of methoxy groups -OCH3 is 1. The van der Waals surface area contributed by atoms with Gasteiger partial charge >= 0.3 is 12.2 Å². The minimum Gasteiger partial charge on any atom is -0.474 e. The molecule has 2 aliphatic heterocycles. The third-order valence-corrected chi connectivity index (χ3v) is 6.36. The Labute approximate surface area is 246 Å². The van der Waals surface area contributed by atoms with Crippen LogP contribution in [0, 0.1) is 18.6 Å². The monoisotopic (exact) mass is 616 g/mol. The maximum atomic E-state index is 15.9. The van der Waals surface area contributed by atoms with Crippen LogP contribution in [0.1, 0.15) is 38.3 Å². The number of alkyl halides is 3. The van der Waals surface area contributed by atoms with Gasteiger partial charge in [0.1, 0.15) is 28.2 Å². The average Bonchev–Trinajstić information content (AvgIpc) is 3.03. The number of nitrogen functional groups attached to an aromatic ring is 1. The van der Waals surface area contributed by atoms with Crippen molar-refractivity contribution in [2.45, 2.75) is 46.4 Å². The molecule has 2 aromatic heterocycles. The second-order valence-electron chi connectivity index (χ2n) is 9.31. The zero-order chi connectivity index (χ0) is 31.7. The van der Waals surface area contributed by atoms with Crippen LogP contribution in [0.2, 0.25) is 0 Å². The van der Waals surface area contributed by atoms with E-state index in [2.05, 4.69) is 25.6 Å². The molecule has 0 amide bonds. The topological polar surface area (TPSA) is 126 Å². The maximum Gasteiger partial charge on any atom is 0.417 e. The van der Waals surface area contributed by atoms with Crippen LogP contribution >= 0.6 is 0 Å². The van der Waals surface area contributed by atoms with E-state index < -0.39 is 52.0 Å². The summed E-state index contributed by atoms with van der Waals surface area (Å²) < 4.78 is 93.2. The summed E-state index contributed by atoms with van der Waals surface area (Å²) in [7, 11) is 1.27. The molecule has 2 aliphatic rings. The predicted octanol–water partition coefficient (Wildman–Crippen LogP) is 5.12. The van der Waals surface area contributed by atoms with Gasteiger partial charge in [0.25, 0.3) is 0 Å². The highest BCUT2D eigenvalue weighted by Gasteiger charge is 2.39. The Morgan fingerprint density at radius 3 is 2.21 bits per heavy atom. The van der Waals surface area contributed by atoms with Gasteiger partial charge in [-0.25, -0.2) is 13.8 Å². The number of anilines is 2. The number of nitrogens with zero attached hydrogens (tertiary/aromatic N) is 3. The quantitative estimate of drug-likeness (QED) is 0.264. The molecule has 4 N–H and O–H groups in total. The lowest BCUT2D eigenvalue weighted by Crippen LogP contribution is -2.26. The normalized spacial score (nSPS) is 17.2. The summed E-state index contributed by atoms with van der Waals surface area (Å²) in [6.07, 6.45) is -4.92. The van der Waals surface area contributed by atoms with Gasteiger partial charge in [-0.2, -0.15) is 23.1 Å². The Bertz CT molecular complexity index is 1380. The Balaban J connectivity index is 0.000000555. The van der Waals surface area contributed by atoms with Crippen LogP contribution in [-0.4, -0.2) is 74.2 Å². The summed E-state index contributed by atoms with van der Waals surface area (Å²) in [5.74, 6) is -2.47. The number of rotatable bonds is 2. The lowest BCUT2D eigenvalue weighted by Gasteiger charge is -2.21. The molecule has 0 saturated carbocycles. The fraction of sp³-hybridized carbons (Fsp3) is 0.536. The van der Waals surface area contributed by atoms with Crippen LogP contribution in [0.25, 0.3) is 22.2 Å². The number of nitrogens with one attached hydrogen (secondary N) is 2. The molecule has 238 valence electrons. The van der Waals surface area contributed by atoms with E-state index >= 15 is 4.39 Å². The van der Waals surface area contributed by atoms with E-state index in [1.54, 1.807) is 6.92 Å². The van der Waals surface area contributed by atoms with Crippen molar-refractivity contribution in [2.24, 2.45) is 0 Å². The van der Waals surface area contributed by atoms with Crippen LogP contribution in [0.5, 0.6) is 11.9 Å². The number of hydrogen-bond acceptors (Lipinski definition) is 10. The van der Waals surface area contributed by atoms with Gasteiger partial charge in [-0.15, -0.1) is 0 Å². The molecule has 0 spiro atoms. The number of hydrogen-bond donors (Lipinski definition) is 3. The minimum absolute atomic E-state index is 0.0427. The molecule has 15 heteroatoms. The lowest BCUT2D eigenvalue weighted by molar-refractivity contribution is -0.137. The van der Waals surface area contributed by atoms with E-state index in [0.29, 0.717) is 32.1 Å². The van der Waals surface area contributed by atoms with E-state index in [-0.39, 0.29) is 28.6 Å². The minimum atomic E-state index is -5.02. The summed E-state index contributed by atoms with van der Waals surface area (Å²) in [4.78, 5) is 12.4. The van der Waals surface area contributed by atoms with Crippen LogP contribution in [0.4, 0.5) is 33.5 Å². The molecular weight excluding hydrogens is 579 g/mol. The van der Waals surface area contributed by atoms with E-state index in [1.807, 2.05) is 13.8 Å². The molecular formula is C28H37F5N6O4. The first kappa shape index (κ1) is 33.9. The van der Waals surface area contributed by atoms with Crippen LogP contribution in [0.3, 0.4) is 0 Å². The zero-order valence-corrected chi connectivity index (χ0v) is 24.8. The molecule has 0 aliphatic carbocycles. The van der Waals surface area contributed by atoms with Gasteiger partial charge in [0.15, 0.2) is 5.82 Å². The first-order valence-electron chi connectivity index (χ1n) is 13.9. The number of nitrogens with two attached hydrogens (primary N) is 1. The molecule has 1 aromatic carbocycles. The number of pyridine rings is 1. The van der Waals surface area contributed by atoms with E-state index in [1.165, 1.54) is 7.11 Å². The molecule has 0 bridgehead atoms. The first-order chi connectivity index (χ1) is 20.5. The largest absolute Gasteiger partial charge is 0.474 e. The van der Waals surface area contributed by atoms with Crippen molar-refractivity contribution in [3.63, 3.8) is 0 Å². The van der Waals surface area contributed by atoms with Gasteiger partial charge < -0.3 is 35.3 Å². The molecule has 5 rings (SSSR count). The first-order valence-corrected chi connectivity index (χ1v) is 13.9. The van der Waals surface area contributed by atoms with Gasteiger partial charge in [-0.3, -0.25) is 0 Å². The molecule has 10 nitrogen and oxygen atoms in total. The number of halogens is 5. The van der Waals surface area contributed by atoms with E-state index in [9.17, 15) is 17.6 Å². The molecule has 1 saturated heterocycles. The number of benzene rings is 1. The summed E-state index contributed by atoms with van der Waals surface area (Å²) in [5, 5.41) is 6.28. The summed E-state index contributed by atoms with van der Waals surface area (Å²) in [6.45, 7) is 11.3. The Kier molecular flexibility index (Phi) is 12.0. The third kappa shape index (κ3) is 8.09. The van der Waals surface area contributed by atoms with Crippen LogP contribution < -0.4 is 25.8 Å².